The Hall–Kier alpha value is -1.80. The summed E-state index contributed by atoms with van der Waals surface area (Å²) in [7, 11) is -7.46. The summed E-state index contributed by atoms with van der Waals surface area (Å²) in [5.41, 5.74) is 0.233. The number of hydrogen-bond acceptors (Lipinski definition) is 6. The van der Waals surface area contributed by atoms with Crippen molar-refractivity contribution in [3.8, 4) is 0 Å². The van der Waals surface area contributed by atoms with E-state index < -0.39 is 30.7 Å². The fourth-order valence-corrected chi connectivity index (χ4v) is 6.40. The third-order valence-corrected chi connectivity index (χ3v) is 7.13. The van der Waals surface area contributed by atoms with Gasteiger partial charge in [-0.1, -0.05) is 6.07 Å². The molecule has 6 nitrogen and oxygen atoms in total. The maximum Gasteiger partial charge on any atom is 0.197 e. The molecular weight excluding hydrogens is 300 g/mol. The molecule has 20 heavy (non-hydrogen) atoms. The molecule has 0 aromatic carbocycles. The molecule has 0 fully saturated rings. The molecule has 0 radical (unpaired) electrons. The number of pyridine rings is 2. The molecule has 1 aliphatic rings. The van der Waals surface area contributed by atoms with E-state index >= 15 is 0 Å². The van der Waals surface area contributed by atoms with Crippen LogP contribution in [-0.2, 0) is 19.7 Å². The van der Waals surface area contributed by atoms with Crippen molar-refractivity contribution in [3.63, 3.8) is 0 Å². The summed E-state index contributed by atoms with van der Waals surface area (Å²) >= 11 is 0. The zero-order valence-corrected chi connectivity index (χ0v) is 11.8. The van der Waals surface area contributed by atoms with Gasteiger partial charge in [-0.3, -0.25) is 4.98 Å². The molecule has 104 valence electrons. The highest BCUT2D eigenvalue weighted by atomic mass is 32.2. The number of aromatic nitrogens is 2. The van der Waals surface area contributed by atoms with Crippen molar-refractivity contribution in [1.82, 2.24) is 9.97 Å². The summed E-state index contributed by atoms with van der Waals surface area (Å²) < 4.78 is 49.1. The van der Waals surface area contributed by atoms with Gasteiger partial charge in [-0.25, -0.2) is 21.8 Å². The van der Waals surface area contributed by atoms with Crippen molar-refractivity contribution in [2.24, 2.45) is 0 Å². The van der Waals surface area contributed by atoms with Gasteiger partial charge in [0.05, 0.1) is 10.6 Å². The van der Waals surface area contributed by atoms with E-state index in [9.17, 15) is 16.8 Å². The highest BCUT2D eigenvalue weighted by Crippen LogP contribution is 2.39. The van der Waals surface area contributed by atoms with Crippen molar-refractivity contribution in [1.29, 1.82) is 0 Å². The Kier molecular flexibility index (Phi) is 2.87. The Labute approximate surface area is 116 Å². The Morgan fingerprint density at radius 2 is 1.90 bits per heavy atom. The van der Waals surface area contributed by atoms with Gasteiger partial charge in [0.25, 0.3) is 0 Å². The lowest BCUT2D eigenvalue weighted by Crippen LogP contribution is -2.15. The molecule has 0 saturated heterocycles. The summed E-state index contributed by atoms with van der Waals surface area (Å²) in [5.74, 6) is -0.476. The van der Waals surface area contributed by atoms with E-state index in [0.29, 0.717) is 0 Å². The second-order valence-electron chi connectivity index (χ2n) is 4.40. The summed E-state index contributed by atoms with van der Waals surface area (Å²) in [5, 5.41) is -1.27. The van der Waals surface area contributed by atoms with E-state index in [2.05, 4.69) is 9.97 Å². The van der Waals surface area contributed by atoms with Crippen LogP contribution in [0.3, 0.4) is 0 Å². The summed E-state index contributed by atoms with van der Waals surface area (Å²) in [6, 6.07) is 5.93. The molecule has 3 heterocycles. The Bertz CT molecular complexity index is 861. The summed E-state index contributed by atoms with van der Waals surface area (Å²) in [4.78, 5) is 7.58. The molecule has 0 saturated carbocycles. The van der Waals surface area contributed by atoms with E-state index in [1.807, 2.05) is 0 Å². The van der Waals surface area contributed by atoms with Crippen molar-refractivity contribution in [2.45, 2.75) is 15.2 Å². The quantitative estimate of drug-likeness (QED) is 0.813. The van der Waals surface area contributed by atoms with E-state index in [4.69, 9.17) is 0 Å². The van der Waals surface area contributed by atoms with Crippen LogP contribution >= 0.6 is 0 Å². The first-order valence-corrected chi connectivity index (χ1v) is 8.94. The average molecular weight is 310 g/mol. The van der Waals surface area contributed by atoms with E-state index in [1.54, 1.807) is 0 Å². The fourth-order valence-electron chi connectivity index (χ4n) is 2.21. The smallest absolute Gasteiger partial charge is 0.197 e. The van der Waals surface area contributed by atoms with Crippen LogP contribution in [-0.4, -0.2) is 32.6 Å². The maximum atomic E-state index is 12.6. The summed E-state index contributed by atoms with van der Waals surface area (Å²) in [6.07, 6.45) is 4.02. The normalized spacial score (nSPS) is 20.5. The topological polar surface area (TPSA) is 94.1 Å². The predicted molar refractivity (Wildman–Crippen MR) is 70.5 cm³/mol. The molecule has 0 bridgehead atoms. The van der Waals surface area contributed by atoms with Crippen LogP contribution in [0.1, 0.15) is 10.8 Å². The Balaban J connectivity index is 2.19. The first-order chi connectivity index (χ1) is 9.43. The highest BCUT2D eigenvalue weighted by Gasteiger charge is 2.43. The Morgan fingerprint density at radius 1 is 1.15 bits per heavy atom. The van der Waals surface area contributed by atoms with Gasteiger partial charge in [0.2, 0.25) is 0 Å². The third kappa shape index (κ3) is 1.92. The molecule has 0 spiro atoms. The second kappa shape index (κ2) is 4.35. The fraction of sp³-hybridized carbons (Fsp3) is 0.167. The minimum atomic E-state index is -3.80. The monoisotopic (exact) mass is 310 g/mol. The highest BCUT2D eigenvalue weighted by molar-refractivity contribution is 7.96. The number of hydrogen-bond donors (Lipinski definition) is 0. The van der Waals surface area contributed by atoms with Crippen LogP contribution in [0.2, 0.25) is 0 Å². The Morgan fingerprint density at radius 3 is 2.60 bits per heavy atom. The minimum Gasteiger partial charge on any atom is -0.263 e. The van der Waals surface area contributed by atoms with Gasteiger partial charge in [-0.2, -0.15) is 0 Å². The number of rotatable bonds is 2. The molecule has 3 rings (SSSR count). The molecule has 0 aliphatic carbocycles. The molecule has 2 aromatic rings. The summed E-state index contributed by atoms with van der Waals surface area (Å²) in [6.45, 7) is 0. The van der Waals surface area contributed by atoms with E-state index in [-0.39, 0.29) is 15.5 Å². The van der Waals surface area contributed by atoms with Gasteiger partial charge in [-0.15, -0.1) is 0 Å². The van der Waals surface area contributed by atoms with Crippen LogP contribution < -0.4 is 0 Å². The van der Waals surface area contributed by atoms with Crippen LogP contribution in [0.5, 0.6) is 0 Å². The van der Waals surface area contributed by atoms with E-state index in [1.165, 1.54) is 42.9 Å². The number of fused-ring (bicyclic) bond motifs is 1. The first-order valence-electron chi connectivity index (χ1n) is 5.74. The van der Waals surface area contributed by atoms with Gasteiger partial charge in [0, 0.05) is 24.2 Å². The lowest BCUT2D eigenvalue weighted by atomic mass is 10.2. The molecule has 1 aliphatic heterocycles. The average Bonchev–Trinajstić information content (AvgIpc) is 2.73. The SMILES string of the molecule is O=S1(=O)CC(S(=O)(=O)c2cccnc2)c2cccnc21. The first kappa shape index (κ1) is 13.2. The van der Waals surface area contributed by atoms with E-state index in [0.717, 1.165) is 0 Å². The van der Waals surface area contributed by atoms with Gasteiger partial charge in [0.15, 0.2) is 24.7 Å². The molecule has 1 atom stereocenters. The molecule has 0 N–H and O–H groups in total. The maximum absolute atomic E-state index is 12.6. The zero-order valence-electron chi connectivity index (χ0n) is 10.2. The van der Waals surface area contributed by atoms with Gasteiger partial charge >= 0.3 is 0 Å². The molecular formula is C12H10N2O4S2. The van der Waals surface area contributed by atoms with Gasteiger partial charge < -0.3 is 0 Å². The van der Waals surface area contributed by atoms with Gasteiger partial charge in [0.1, 0.15) is 5.25 Å². The largest absolute Gasteiger partial charge is 0.263 e. The van der Waals surface area contributed by atoms with Crippen molar-refractivity contribution >= 4 is 19.7 Å². The third-order valence-electron chi connectivity index (χ3n) is 3.15. The molecule has 0 amide bonds. The van der Waals surface area contributed by atoms with Gasteiger partial charge in [-0.05, 0) is 18.2 Å². The predicted octanol–water partition coefficient (Wildman–Crippen LogP) is 0.779. The van der Waals surface area contributed by atoms with Crippen molar-refractivity contribution in [2.75, 3.05) is 5.75 Å². The zero-order chi connectivity index (χ0) is 14.4. The van der Waals surface area contributed by atoms with Crippen LogP contribution in [0.4, 0.5) is 0 Å². The standard InChI is InChI=1S/C12H10N2O4S2/c15-19(16)8-11(10-4-2-6-14-12(10)19)20(17,18)9-3-1-5-13-7-9/h1-7,11H,8H2. The van der Waals surface area contributed by atoms with Crippen molar-refractivity contribution < 1.29 is 16.8 Å². The lowest BCUT2D eigenvalue weighted by Gasteiger charge is -2.10. The minimum absolute atomic E-state index is 0.0110. The van der Waals surface area contributed by atoms with Crippen molar-refractivity contribution in [3.05, 3.63) is 48.4 Å². The molecule has 1 unspecified atom stereocenters. The lowest BCUT2D eigenvalue weighted by molar-refractivity contribution is 0.582. The molecule has 8 heteroatoms. The molecule has 2 aromatic heterocycles. The second-order valence-corrected chi connectivity index (χ2v) is 8.48. The van der Waals surface area contributed by atoms with Crippen LogP contribution in [0, 0.1) is 0 Å². The number of nitrogens with zero attached hydrogens (tertiary/aromatic N) is 2. The number of sulfone groups is 2. The van der Waals surface area contributed by atoms with Crippen LogP contribution in [0.25, 0.3) is 0 Å². The van der Waals surface area contributed by atoms with Crippen LogP contribution in [0.15, 0.2) is 52.8 Å².